The first-order chi connectivity index (χ1) is 9.35. The molecule has 0 aliphatic carbocycles. The van der Waals surface area contributed by atoms with Crippen molar-refractivity contribution in [3.8, 4) is 5.75 Å². The van der Waals surface area contributed by atoms with Crippen LogP contribution in [0.25, 0.3) is 5.57 Å². The second kappa shape index (κ2) is 5.57. The minimum absolute atomic E-state index is 0.245. The van der Waals surface area contributed by atoms with Crippen LogP contribution < -0.4 is 0 Å². The second-order valence-corrected chi connectivity index (χ2v) is 5.97. The highest BCUT2D eigenvalue weighted by atomic mass is 16.6. The molecule has 0 unspecified atom stereocenters. The summed E-state index contributed by atoms with van der Waals surface area (Å²) < 4.78 is 5.40. The Morgan fingerprint density at radius 2 is 1.90 bits per heavy atom. The summed E-state index contributed by atoms with van der Waals surface area (Å²) in [7, 11) is 0. The van der Waals surface area contributed by atoms with E-state index in [1.807, 2.05) is 32.9 Å². The van der Waals surface area contributed by atoms with Gasteiger partial charge in [-0.25, -0.2) is 4.79 Å². The van der Waals surface area contributed by atoms with E-state index in [1.54, 1.807) is 17.0 Å². The first kappa shape index (κ1) is 14.4. The molecule has 1 amide bonds. The number of nitrogens with zero attached hydrogens (tertiary/aromatic N) is 1. The summed E-state index contributed by atoms with van der Waals surface area (Å²) in [6.07, 6.45) is 2.67. The van der Waals surface area contributed by atoms with Gasteiger partial charge in [0.25, 0.3) is 0 Å². The van der Waals surface area contributed by atoms with Crippen molar-refractivity contribution in [2.75, 3.05) is 13.1 Å². The fourth-order valence-corrected chi connectivity index (χ4v) is 2.11. The average molecular weight is 275 g/mol. The molecule has 0 radical (unpaired) electrons. The fraction of sp³-hybridized carbons (Fsp3) is 0.438. The number of phenols is 1. The van der Waals surface area contributed by atoms with Gasteiger partial charge in [-0.15, -0.1) is 0 Å². The molecule has 1 aliphatic rings. The monoisotopic (exact) mass is 275 g/mol. The van der Waals surface area contributed by atoms with Crippen molar-refractivity contribution in [2.24, 2.45) is 0 Å². The number of amides is 1. The van der Waals surface area contributed by atoms with Crippen molar-refractivity contribution in [1.29, 1.82) is 0 Å². The van der Waals surface area contributed by atoms with Gasteiger partial charge in [0, 0.05) is 13.1 Å². The molecule has 2 rings (SSSR count). The Morgan fingerprint density at radius 1 is 1.25 bits per heavy atom. The number of carbonyl (C=O) groups excluding carboxylic acids is 1. The molecule has 1 aromatic rings. The Bertz CT molecular complexity index is 512. The van der Waals surface area contributed by atoms with E-state index < -0.39 is 5.60 Å². The van der Waals surface area contributed by atoms with Crippen LogP contribution in [-0.2, 0) is 4.74 Å². The number of rotatable bonds is 1. The molecule has 0 saturated heterocycles. The Kier molecular flexibility index (Phi) is 4.02. The standard InChI is InChI=1S/C16H21NO3/c1-16(2,3)20-15(19)17-10-4-5-13(11-17)12-6-8-14(18)9-7-12/h5-9,18H,4,10-11H2,1-3H3. The van der Waals surface area contributed by atoms with Gasteiger partial charge in [-0.1, -0.05) is 18.2 Å². The topological polar surface area (TPSA) is 49.8 Å². The second-order valence-electron chi connectivity index (χ2n) is 5.97. The first-order valence-electron chi connectivity index (χ1n) is 6.81. The van der Waals surface area contributed by atoms with Crippen LogP contribution in [0.5, 0.6) is 5.75 Å². The highest BCUT2D eigenvalue weighted by Gasteiger charge is 2.24. The molecule has 0 fully saturated rings. The number of phenolic OH excluding ortho intramolecular Hbond substituents is 1. The molecule has 1 aromatic carbocycles. The van der Waals surface area contributed by atoms with Crippen LogP contribution in [0.2, 0.25) is 0 Å². The van der Waals surface area contributed by atoms with Gasteiger partial charge < -0.3 is 14.7 Å². The normalized spacial score (nSPS) is 15.8. The van der Waals surface area contributed by atoms with E-state index >= 15 is 0 Å². The predicted molar refractivity (Wildman–Crippen MR) is 78.5 cm³/mol. The summed E-state index contributed by atoms with van der Waals surface area (Å²) in [5.41, 5.74) is 1.63. The molecule has 0 atom stereocenters. The third kappa shape index (κ3) is 3.76. The van der Waals surface area contributed by atoms with Crippen molar-refractivity contribution in [1.82, 2.24) is 4.90 Å². The number of hydrogen-bond acceptors (Lipinski definition) is 3. The molecular formula is C16H21NO3. The van der Waals surface area contributed by atoms with E-state index in [0.29, 0.717) is 13.1 Å². The van der Waals surface area contributed by atoms with Crippen LogP contribution in [0.4, 0.5) is 4.79 Å². The van der Waals surface area contributed by atoms with E-state index in [1.165, 1.54) is 0 Å². The highest BCUT2D eigenvalue weighted by Crippen LogP contribution is 2.23. The summed E-state index contributed by atoms with van der Waals surface area (Å²) in [4.78, 5) is 13.8. The maximum atomic E-state index is 12.1. The summed E-state index contributed by atoms with van der Waals surface area (Å²) in [6, 6.07) is 7.03. The van der Waals surface area contributed by atoms with Crippen molar-refractivity contribution >= 4 is 11.7 Å². The quantitative estimate of drug-likeness (QED) is 0.854. The molecule has 0 aromatic heterocycles. The lowest BCUT2D eigenvalue weighted by Gasteiger charge is -2.30. The van der Waals surface area contributed by atoms with E-state index in [9.17, 15) is 9.90 Å². The van der Waals surface area contributed by atoms with Crippen LogP contribution in [0.15, 0.2) is 30.3 Å². The number of hydrogen-bond donors (Lipinski definition) is 1. The summed E-state index contributed by atoms with van der Waals surface area (Å²) in [5, 5.41) is 9.32. The maximum absolute atomic E-state index is 12.1. The van der Waals surface area contributed by atoms with Gasteiger partial charge in [0.15, 0.2) is 0 Å². The van der Waals surface area contributed by atoms with Crippen LogP contribution in [0.3, 0.4) is 0 Å². The first-order valence-corrected chi connectivity index (χ1v) is 6.81. The summed E-state index contributed by atoms with van der Waals surface area (Å²) in [5.74, 6) is 0.245. The van der Waals surface area contributed by atoms with Crippen molar-refractivity contribution in [3.05, 3.63) is 35.9 Å². The predicted octanol–water partition coefficient (Wildman–Crippen LogP) is 3.42. The summed E-state index contributed by atoms with van der Waals surface area (Å²) in [6.45, 7) is 6.82. The molecule has 1 heterocycles. The molecule has 4 heteroatoms. The number of benzene rings is 1. The lowest BCUT2D eigenvalue weighted by molar-refractivity contribution is 0.0273. The zero-order chi connectivity index (χ0) is 14.8. The van der Waals surface area contributed by atoms with Gasteiger partial charge in [-0.3, -0.25) is 0 Å². The SMILES string of the molecule is CC(C)(C)OC(=O)N1CCC=C(c2ccc(O)cc2)C1. The molecule has 20 heavy (non-hydrogen) atoms. The largest absolute Gasteiger partial charge is 0.508 e. The smallest absolute Gasteiger partial charge is 0.410 e. The minimum Gasteiger partial charge on any atom is -0.508 e. The Labute approximate surface area is 119 Å². The number of ether oxygens (including phenoxy) is 1. The number of aromatic hydroxyl groups is 1. The van der Waals surface area contributed by atoms with Crippen molar-refractivity contribution in [3.63, 3.8) is 0 Å². The zero-order valence-electron chi connectivity index (χ0n) is 12.2. The fourth-order valence-electron chi connectivity index (χ4n) is 2.11. The highest BCUT2D eigenvalue weighted by molar-refractivity contribution is 5.75. The third-order valence-electron chi connectivity index (χ3n) is 3.04. The van der Waals surface area contributed by atoms with Crippen LogP contribution in [0, 0.1) is 0 Å². The average Bonchev–Trinajstić information content (AvgIpc) is 2.38. The van der Waals surface area contributed by atoms with Gasteiger partial charge in [0.2, 0.25) is 0 Å². The maximum Gasteiger partial charge on any atom is 0.410 e. The van der Waals surface area contributed by atoms with E-state index in [2.05, 4.69) is 6.08 Å². The summed E-state index contributed by atoms with van der Waals surface area (Å²) >= 11 is 0. The Hall–Kier alpha value is -1.97. The van der Waals surface area contributed by atoms with Crippen LogP contribution in [0.1, 0.15) is 32.8 Å². The van der Waals surface area contributed by atoms with Gasteiger partial charge in [-0.05, 0) is 50.5 Å². The molecular weight excluding hydrogens is 254 g/mol. The van der Waals surface area contributed by atoms with Gasteiger partial charge >= 0.3 is 6.09 Å². The minimum atomic E-state index is -0.475. The van der Waals surface area contributed by atoms with Crippen molar-refractivity contribution < 1.29 is 14.6 Å². The van der Waals surface area contributed by atoms with Gasteiger partial charge in [0.1, 0.15) is 11.4 Å². The molecule has 4 nitrogen and oxygen atoms in total. The zero-order valence-corrected chi connectivity index (χ0v) is 12.2. The van der Waals surface area contributed by atoms with E-state index in [0.717, 1.165) is 17.6 Å². The van der Waals surface area contributed by atoms with Crippen molar-refractivity contribution in [2.45, 2.75) is 32.8 Å². The van der Waals surface area contributed by atoms with E-state index in [-0.39, 0.29) is 11.8 Å². The lowest BCUT2D eigenvalue weighted by atomic mass is 10.0. The molecule has 0 spiro atoms. The van der Waals surface area contributed by atoms with Gasteiger partial charge in [-0.2, -0.15) is 0 Å². The third-order valence-corrected chi connectivity index (χ3v) is 3.04. The molecule has 0 bridgehead atoms. The van der Waals surface area contributed by atoms with E-state index in [4.69, 9.17) is 4.74 Å². The number of carbonyl (C=O) groups is 1. The molecule has 0 saturated carbocycles. The Balaban J connectivity index is 2.06. The molecule has 108 valence electrons. The lowest BCUT2D eigenvalue weighted by Crippen LogP contribution is -2.39. The van der Waals surface area contributed by atoms with Crippen LogP contribution in [-0.4, -0.2) is 34.8 Å². The van der Waals surface area contributed by atoms with Gasteiger partial charge in [0.05, 0.1) is 0 Å². The molecule has 1 aliphatic heterocycles. The van der Waals surface area contributed by atoms with Crippen LogP contribution >= 0.6 is 0 Å². The Morgan fingerprint density at radius 3 is 2.50 bits per heavy atom. The molecule has 1 N–H and O–H groups in total.